The van der Waals surface area contributed by atoms with Crippen molar-refractivity contribution in [3.05, 3.63) is 36.3 Å². The van der Waals surface area contributed by atoms with Crippen LogP contribution in [0.1, 0.15) is 30.1 Å². The third kappa shape index (κ3) is 5.34. The van der Waals surface area contributed by atoms with Gasteiger partial charge in [0.25, 0.3) is 5.91 Å². The molecule has 0 saturated heterocycles. The zero-order valence-electron chi connectivity index (χ0n) is 10.4. The van der Waals surface area contributed by atoms with Crippen molar-refractivity contribution >= 4 is 11.8 Å². The van der Waals surface area contributed by atoms with E-state index in [4.69, 9.17) is 4.42 Å². The zero-order valence-corrected chi connectivity index (χ0v) is 10.4. The van der Waals surface area contributed by atoms with Crippen LogP contribution in [0.15, 0.2) is 35.2 Å². The van der Waals surface area contributed by atoms with Crippen LogP contribution in [0, 0.1) is 0 Å². The molecule has 1 aromatic heterocycles. The molecule has 1 heterocycles. The van der Waals surface area contributed by atoms with Crippen LogP contribution >= 0.6 is 0 Å². The molecule has 0 radical (unpaired) electrons. The average Bonchev–Trinajstić information content (AvgIpc) is 2.88. The van der Waals surface area contributed by atoms with E-state index in [1.807, 2.05) is 19.1 Å². The zero-order chi connectivity index (χ0) is 13.2. The molecule has 1 rings (SSSR count). The second kappa shape index (κ2) is 8.11. The molecule has 18 heavy (non-hydrogen) atoms. The number of hydrogen-bond donors (Lipinski definition) is 2. The van der Waals surface area contributed by atoms with E-state index >= 15 is 0 Å². The van der Waals surface area contributed by atoms with Crippen molar-refractivity contribution in [3.63, 3.8) is 0 Å². The summed E-state index contributed by atoms with van der Waals surface area (Å²) >= 11 is 0. The number of rotatable bonds is 7. The molecule has 5 heteroatoms. The number of hydrogen-bond acceptors (Lipinski definition) is 3. The Balaban J connectivity index is 2.10. The Morgan fingerprint density at radius 3 is 2.83 bits per heavy atom. The summed E-state index contributed by atoms with van der Waals surface area (Å²) in [6.07, 6.45) is 7.83. The van der Waals surface area contributed by atoms with E-state index in [1.165, 1.54) is 12.5 Å². The summed E-state index contributed by atoms with van der Waals surface area (Å²) in [6.45, 7) is 2.88. The Morgan fingerprint density at radius 2 is 2.17 bits per heavy atom. The summed E-state index contributed by atoms with van der Waals surface area (Å²) in [7, 11) is 0. The van der Waals surface area contributed by atoms with E-state index < -0.39 is 0 Å². The standard InChI is InChI=1S/C13H18N2O3/c1-2-3-4-7-14-12(16)5-8-15-13(17)11-6-9-18-10-11/h2-3,6,9-10H,4-5,7-8H2,1H3,(H,14,16)(H,15,17)/b3-2+. The van der Waals surface area contributed by atoms with Crippen LogP contribution in [0.2, 0.25) is 0 Å². The second-order valence-electron chi connectivity index (χ2n) is 3.73. The van der Waals surface area contributed by atoms with E-state index in [9.17, 15) is 9.59 Å². The van der Waals surface area contributed by atoms with Gasteiger partial charge >= 0.3 is 0 Å². The predicted molar refractivity (Wildman–Crippen MR) is 68.1 cm³/mol. The van der Waals surface area contributed by atoms with E-state index in [0.717, 1.165) is 6.42 Å². The van der Waals surface area contributed by atoms with Gasteiger partial charge in [0.05, 0.1) is 11.8 Å². The first-order valence-corrected chi connectivity index (χ1v) is 5.92. The highest BCUT2D eigenvalue weighted by atomic mass is 16.3. The molecule has 2 amide bonds. The van der Waals surface area contributed by atoms with Crippen molar-refractivity contribution in [2.75, 3.05) is 13.1 Å². The lowest BCUT2D eigenvalue weighted by atomic mass is 10.3. The molecule has 5 nitrogen and oxygen atoms in total. The van der Waals surface area contributed by atoms with Gasteiger partial charge in [-0.25, -0.2) is 0 Å². The fraction of sp³-hybridized carbons (Fsp3) is 0.385. The van der Waals surface area contributed by atoms with E-state index in [2.05, 4.69) is 10.6 Å². The van der Waals surface area contributed by atoms with E-state index in [-0.39, 0.29) is 18.2 Å². The molecule has 0 atom stereocenters. The van der Waals surface area contributed by atoms with Crippen molar-refractivity contribution in [2.24, 2.45) is 0 Å². The number of carbonyl (C=O) groups is 2. The molecule has 1 aromatic rings. The summed E-state index contributed by atoms with van der Waals surface area (Å²) in [4.78, 5) is 22.8. The number of allylic oxidation sites excluding steroid dienone is 1. The van der Waals surface area contributed by atoms with Gasteiger partial charge in [0.1, 0.15) is 6.26 Å². The molecule has 0 aromatic carbocycles. The first-order chi connectivity index (χ1) is 8.74. The Morgan fingerprint density at radius 1 is 1.33 bits per heavy atom. The maximum absolute atomic E-state index is 11.5. The Kier molecular flexibility index (Phi) is 6.32. The normalized spacial score (nSPS) is 10.5. The molecular formula is C13H18N2O3. The van der Waals surface area contributed by atoms with Crippen molar-refractivity contribution < 1.29 is 14.0 Å². The molecule has 0 spiro atoms. The van der Waals surface area contributed by atoms with Crippen LogP contribution in [0.25, 0.3) is 0 Å². The van der Waals surface area contributed by atoms with Crippen LogP contribution in [-0.2, 0) is 4.79 Å². The minimum Gasteiger partial charge on any atom is -0.472 e. The monoisotopic (exact) mass is 250 g/mol. The Bertz CT molecular complexity index is 396. The van der Waals surface area contributed by atoms with E-state index in [0.29, 0.717) is 18.7 Å². The molecule has 2 N–H and O–H groups in total. The molecule has 98 valence electrons. The maximum atomic E-state index is 11.5. The van der Waals surface area contributed by atoms with Crippen LogP contribution in [-0.4, -0.2) is 24.9 Å². The molecule has 0 unspecified atom stereocenters. The van der Waals surface area contributed by atoms with Gasteiger partial charge in [0.2, 0.25) is 5.91 Å². The highest BCUT2D eigenvalue weighted by molar-refractivity contribution is 5.93. The third-order valence-corrected chi connectivity index (χ3v) is 2.29. The third-order valence-electron chi connectivity index (χ3n) is 2.29. The van der Waals surface area contributed by atoms with Crippen LogP contribution in [0.4, 0.5) is 0 Å². The predicted octanol–water partition coefficient (Wildman–Crippen LogP) is 1.48. The van der Waals surface area contributed by atoms with Crippen LogP contribution in [0.5, 0.6) is 0 Å². The largest absolute Gasteiger partial charge is 0.472 e. The number of nitrogens with one attached hydrogen (secondary N) is 2. The lowest BCUT2D eigenvalue weighted by Gasteiger charge is -2.04. The average molecular weight is 250 g/mol. The van der Waals surface area contributed by atoms with Crippen molar-refractivity contribution in [3.8, 4) is 0 Å². The summed E-state index contributed by atoms with van der Waals surface area (Å²) in [5.74, 6) is -0.294. The van der Waals surface area contributed by atoms with Crippen molar-refractivity contribution in [1.82, 2.24) is 10.6 Å². The van der Waals surface area contributed by atoms with Gasteiger partial charge in [-0.2, -0.15) is 0 Å². The summed E-state index contributed by atoms with van der Waals surface area (Å²) in [6, 6.07) is 1.58. The van der Waals surface area contributed by atoms with Crippen molar-refractivity contribution in [2.45, 2.75) is 19.8 Å². The topological polar surface area (TPSA) is 71.3 Å². The Hall–Kier alpha value is -2.04. The lowest BCUT2D eigenvalue weighted by molar-refractivity contribution is -0.120. The number of furan rings is 1. The van der Waals surface area contributed by atoms with Crippen molar-refractivity contribution in [1.29, 1.82) is 0 Å². The summed E-state index contributed by atoms with van der Waals surface area (Å²) < 4.78 is 4.79. The van der Waals surface area contributed by atoms with Crippen LogP contribution < -0.4 is 10.6 Å². The SMILES string of the molecule is C/C=C/CCNC(=O)CCNC(=O)c1ccoc1. The summed E-state index contributed by atoms with van der Waals surface area (Å²) in [5, 5.41) is 5.41. The van der Waals surface area contributed by atoms with Gasteiger partial charge in [0.15, 0.2) is 0 Å². The highest BCUT2D eigenvalue weighted by Gasteiger charge is 2.06. The molecule has 0 aliphatic heterocycles. The van der Waals surface area contributed by atoms with Gasteiger partial charge in [-0.3, -0.25) is 9.59 Å². The summed E-state index contributed by atoms with van der Waals surface area (Å²) in [5.41, 5.74) is 0.462. The molecular weight excluding hydrogens is 232 g/mol. The number of carbonyl (C=O) groups excluding carboxylic acids is 2. The first-order valence-electron chi connectivity index (χ1n) is 5.92. The maximum Gasteiger partial charge on any atom is 0.254 e. The second-order valence-corrected chi connectivity index (χ2v) is 3.73. The fourth-order valence-electron chi connectivity index (χ4n) is 1.34. The van der Waals surface area contributed by atoms with Gasteiger partial charge in [-0.05, 0) is 19.4 Å². The van der Waals surface area contributed by atoms with Crippen LogP contribution in [0.3, 0.4) is 0 Å². The Labute approximate surface area is 106 Å². The molecule has 0 fully saturated rings. The van der Waals surface area contributed by atoms with Gasteiger partial charge in [-0.1, -0.05) is 12.2 Å². The van der Waals surface area contributed by atoms with Gasteiger partial charge in [-0.15, -0.1) is 0 Å². The molecule has 0 saturated carbocycles. The van der Waals surface area contributed by atoms with Gasteiger partial charge in [0, 0.05) is 19.5 Å². The minimum atomic E-state index is -0.231. The molecule has 0 aliphatic carbocycles. The lowest BCUT2D eigenvalue weighted by Crippen LogP contribution is -2.30. The number of amides is 2. The minimum absolute atomic E-state index is 0.0630. The molecule has 0 bridgehead atoms. The molecule has 0 aliphatic rings. The van der Waals surface area contributed by atoms with Gasteiger partial charge < -0.3 is 15.1 Å². The fourth-order valence-corrected chi connectivity index (χ4v) is 1.34. The smallest absolute Gasteiger partial charge is 0.254 e. The quantitative estimate of drug-likeness (QED) is 0.569. The highest BCUT2D eigenvalue weighted by Crippen LogP contribution is 1.98. The first kappa shape index (κ1) is 14.0. The van der Waals surface area contributed by atoms with E-state index in [1.54, 1.807) is 6.07 Å².